The summed E-state index contributed by atoms with van der Waals surface area (Å²) in [6.45, 7) is 10.9. The summed E-state index contributed by atoms with van der Waals surface area (Å²) in [6.07, 6.45) is 0. The number of rotatable bonds is 4. The molecule has 0 radical (unpaired) electrons. The molecule has 0 spiro atoms. The van der Waals surface area contributed by atoms with E-state index in [4.69, 9.17) is 0 Å². The third-order valence-electron chi connectivity index (χ3n) is 4.11. The number of nitrogens with zero attached hydrogens (tertiary/aromatic N) is 1. The highest BCUT2D eigenvalue weighted by molar-refractivity contribution is 7.91. The SMILES string of the molecule is CC(=O)Nc1c(S(=O)(=O)c2ccc(C)cc2)c(C)c(C)n1C(C)C. The maximum atomic E-state index is 13.2. The Morgan fingerprint density at radius 2 is 1.62 bits per heavy atom. The molecule has 0 aliphatic carbocycles. The molecule has 5 nitrogen and oxygen atoms in total. The molecule has 0 fully saturated rings. The Morgan fingerprint density at radius 1 is 1.08 bits per heavy atom. The van der Waals surface area contributed by atoms with E-state index in [1.807, 2.05) is 32.3 Å². The van der Waals surface area contributed by atoms with Crippen LogP contribution >= 0.6 is 0 Å². The van der Waals surface area contributed by atoms with Gasteiger partial charge in [-0.3, -0.25) is 4.79 Å². The average Bonchev–Trinajstić information content (AvgIpc) is 2.70. The molecule has 0 saturated carbocycles. The van der Waals surface area contributed by atoms with Crippen molar-refractivity contribution < 1.29 is 13.2 Å². The van der Waals surface area contributed by atoms with Crippen LogP contribution in [0.1, 0.15) is 43.6 Å². The van der Waals surface area contributed by atoms with E-state index >= 15 is 0 Å². The number of carbonyl (C=O) groups excluding carboxylic acids is 1. The number of sulfone groups is 1. The summed E-state index contributed by atoms with van der Waals surface area (Å²) in [7, 11) is -3.73. The lowest BCUT2D eigenvalue weighted by atomic mass is 10.2. The first-order valence-corrected chi connectivity index (χ1v) is 9.36. The van der Waals surface area contributed by atoms with E-state index in [2.05, 4.69) is 5.32 Å². The Hall–Kier alpha value is -2.08. The standard InChI is InChI=1S/C18H24N2O3S/c1-11(2)20-14(5)13(4)17(18(20)19-15(6)21)24(22,23)16-9-7-12(3)8-10-16/h7-11H,1-6H3,(H,19,21). The van der Waals surface area contributed by atoms with E-state index in [1.165, 1.54) is 6.92 Å². The predicted octanol–water partition coefficient (Wildman–Crippen LogP) is 3.79. The van der Waals surface area contributed by atoms with Gasteiger partial charge in [0.05, 0.1) is 4.90 Å². The van der Waals surface area contributed by atoms with Crippen LogP contribution in [-0.2, 0) is 14.6 Å². The van der Waals surface area contributed by atoms with Gasteiger partial charge in [0.1, 0.15) is 10.7 Å². The van der Waals surface area contributed by atoms with Crippen LogP contribution in [-0.4, -0.2) is 18.9 Å². The van der Waals surface area contributed by atoms with Gasteiger partial charge in [0.15, 0.2) is 0 Å². The molecule has 0 unspecified atom stereocenters. The first kappa shape index (κ1) is 18.3. The fourth-order valence-corrected chi connectivity index (χ4v) is 4.58. The summed E-state index contributed by atoms with van der Waals surface area (Å²) < 4.78 is 28.2. The zero-order chi connectivity index (χ0) is 18.2. The smallest absolute Gasteiger partial charge is 0.222 e. The fourth-order valence-electron chi connectivity index (χ4n) is 2.89. The summed E-state index contributed by atoms with van der Waals surface area (Å²) in [5.41, 5.74) is 2.48. The minimum absolute atomic E-state index is 0.0208. The number of aromatic nitrogens is 1. The van der Waals surface area contributed by atoms with Gasteiger partial charge in [0.25, 0.3) is 0 Å². The van der Waals surface area contributed by atoms with Crippen molar-refractivity contribution in [1.82, 2.24) is 4.57 Å². The van der Waals surface area contributed by atoms with Crippen LogP contribution in [0.3, 0.4) is 0 Å². The quantitative estimate of drug-likeness (QED) is 0.914. The topological polar surface area (TPSA) is 68.2 Å². The summed E-state index contributed by atoms with van der Waals surface area (Å²) in [6, 6.07) is 6.76. The van der Waals surface area contributed by atoms with Crippen molar-refractivity contribution in [3.63, 3.8) is 0 Å². The van der Waals surface area contributed by atoms with Crippen molar-refractivity contribution in [2.45, 2.75) is 57.4 Å². The van der Waals surface area contributed by atoms with Crippen molar-refractivity contribution in [2.75, 3.05) is 5.32 Å². The molecular weight excluding hydrogens is 324 g/mol. The highest BCUT2D eigenvalue weighted by atomic mass is 32.2. The first-order valence-electron chi connectivity index (χ1n) is 7.88. The maximum Gasteiger partial charge on any atom is 0.222 e. The molecule has 0 aliphatic rings. The van der Waals surface area contributed by atoms with Crippen LogP contribution in [0.25, 0.3) is 0 Å². The minimum Gasteiger partial charge on any atom is -0.328 e. The Morgan fingerprint density at radius 3 is 2.08 bits per heavy atom. The van der Waals surface area contributed by atoms with E-state index in [-0.39, 0.29) is 21.7 Å². The van der Waals surface area contributed by atoms with E-state index in [9.17, 15) is 13.2 Å². The van der Waals surface area contributed by atoms with E-state index in [0.29, 0.717) is 11.4 Å². The molecule has 0 saturated heterocycles. The zero-order valence-corrected chi connectivity index (χ0v) is 15.8. The van der Waals surface area contributed by atoms with Gasteiger partial charge >= 0.3 is 0 Å². The van der Waals surface area contributed by atoms with Gasteiger partial charge in [0.2, 0.25) is 15.7 Å². The maximum absolute atomic E-state index is 13.2. The minimum atomic E-state index is -3.73. The summed E-state index contributed by atoms with van der Waals surface area (Å²) >= 11 is 0. The van der Waals surface area contributed by atoms with Crippen molar-refractivity contribution in [2.24, 2.45) is 0 Å². The highest BCUT2D eigenvalue weighted by Crippen LogP contribution is 2.37. The van der Waals surface area contributed by atoms with Crippen LogP contribution in [0.2, 0.25) is 0 Å². The third kappa shape index (κ3) is 3.11. The average molecular weight is 348 g/mol. The van der Waals surface area contributed by atoms with Gasteiger partial charge in [-0.25, -0.2) is 8.42 Å². The Kier molecular flexibility index (Phi) is 4.90. The molecule has 2 aromatic rings. The van der Waals surface area contributed by atoms with E-state index < -0.39 is 9.84 Å². The lowest BCUT2D eigenvalue weighted by molar-refractivity contribution is -0.114. The second-order valence-corrected chi connectivity index (χ2v) is 8.24. The van der Waals surface area contributed by atoms with Crippen LogP contribution < -0.4 is 5.32 Å². The van der Waals surface area contributed by atoms with Crippen LogP contribution in [0, 0.1) is 20.8 Å². The molecule has 6 heteroatoms. The molecule has 0 bridgehead atoms. The molecule has 1 heterocycles. The lowest BCUT2D eigenvalue weighted by Crippen LogP contribution is -2.16. The van der Waals surface area contributed by atoms with Crippen molar-refractivity contribution in [1.29, 1.82) is 0 Å². The second kappa shape index (κ2) is 6.43. The summed E-state index contributed by atoms with van der Waals surface area (Å²) in [5, 5.41) is 2.72. The molecule has 1 N–H and O–H groups in total. The number of hydrogen-bond acceptors (Lipinski definition) is 3. The number of carbonyl (C=O) groups is 1. The third-order valence-corrected chi connectivity index (χ3v) is 6.04. The second-order valence-electron chi connectivity index (χ2n) is 6.35. The van der Waals surface area contributed by atoms with Gasteiger partial charge in [-0.15, -0.1) is 0 Å². The summed E-state index contributed by atoms with van der Waals surface area (Å²) in [4.78, 5) is 12.0. The van der Waals surface area contributed by atoms with Crippen LogP contribution in [0.4, 0.5) is 5.82 Å². The van der Waals surface area contributed by atoms with Gasteiger partial charge in [-0.05, 0) is 52.3 Å². The van der Waals surface area contributed by atoms with Gasteiger partial charge < -0.3 is 9.88 Å². The van der Waals surface area contributed by atoms with Crippen LogP contribution in [0.5, 0.6) is 0 Å². The zero-order valence-electron chi connectivity index (χ0n) is 15.0. The molecule has 1 amide bonds. The van der Waals surface area contributed by atoms with Crippen LogP contribution in [0.15, 0.2) is 34.1 Å². The molecule has 2 rings (SSSR count). The Bertz CT molecular complexity index is 876. The fraction of sp³-hybridized carbons (Fsp3) is 0.389. The molecule has 0 atom stereocenters. The first-order chi connectivity index (χ1) is 11.1. The van der Waals surface area contributed by atoms with Crippen molar-refractivity contribution >= 4 is 21.6 Å². The molecule has 0 aliphatic heterocycles. The lowest BCUT2D eigenvalue weighted by Gasteiger charge is -2.16. The summed E-state index contributed by atoms with van der Waals surface area (Å²) in [5.74, 6) is 0.0443. The van der Waals surface area contributed by atoms with E-state index in [1.54, 1.807) is 31.2 Å². The normalized spacial score (nSPS) is 11.8. The number of hydrogen-bond donors (Lipinski definition) is 1. The Labute approximate surface area is 143 Å². The van der Waals surface area contributed by atoms with Crippen molar-refractivity contribution in [3.8, 4) is 0 Å². The molecule has 130 valence electrons. The van der Waals surface area contributed by atoms with Crippen molar-refractivity contribution in [3.05, 3.63) is 41.1 Å². The molecule has 24 heavy (non-hydrogen) atoms. The van der Waals surface area contributed by atoms with E-state index in [0.717, 1.165) is 11.3 Å². The number of aryl methyl sites for hydroxylation is 1. The van der Waals surface area contributed by atoms with Gasteiger partial charge in [0, 0.05) is 18.7 Å². The number of amides is 1. The largest absolute Gasteiger partial charge is 0.328 e. The molecule has 1 aromatic heterocycles. The Balaban J connectivity index is 2.79. The van der Waals surface area contributed by atoms with Gasteiger partial charge in [-0.1, -0.05) is 17.7 Å². The monoisotopic (exact) mass is 348 g/mol. The number of anilines is 1. The molecular formula is C18H24N2O3S. The van der Waals surface area contributed by atoms with Gasteiger partial charge in [-0.2, -0.15) is 0 Å². The molecule has 1 aromatic carbocycles. The predicted molar refractivity (Wildman–Crippen MR) is 95.2 cm³/mol. The number of nitrogens with one attached hydrogen (secondary N) is 1. The highest BCUT2D eigenvalue weighted by Gasteiger charge is 2.30. The number of benzene rings is 1.